The standard InChI is InChI=1S/C26H27N3O2S/c1-6-11-28-21-14-22(31-5)17(12-18(21)16(2)15-26(28,3)4)13-23-24(30)29-20-10-8-7-9-19(20)27-25(29)32-23/h7-10,12-15H,6,11H2,1-5H3/b23-13+. The fourth-order valence-corrected chi connectivity index (χ4v) is 5.77. The van der Waals surface area contributed by atoms with Gasteiger partial charge in [0.05, 0.1) is 28.2 Å². The predicted molar refractivity (Wildman–Crippen MR) is 134 cm³/mol. The Morgan fingerprint density at radius 3 is 2.75 bits per heavy atom. The lowest BCUT2D eigenvalue weighted by Crippen LogP contribution is -2.45. The highest BCUT2D eigenvalue weighted by atomic mass is 32.1. The number of ether oxygens (including phenoxy) is 1. The third-order valence-corrected chi connectivity index (χ3v) is 7.18. The second-order valence-corrected chi connectivity index (χ2v) is 9.89. The second-order valence-electron chi connectivity index (χ2n) is 8.88. The maximum absolute atomic E-state index is 13.2. The number of hydrogen-bond donors (Lipinski definition) is 0. The molecule has 0 bridgehead atoms. The maximum atomic E-state index is 13.2. The van der Waals surface area contributed by atoms with Crippen LogP contribution in [0.25, 0.3) is 27.6 Å². The summed E-state index contributed by atoms with van der Waals surface area (Å²) in [6.07, 6.45) is 5.33. The van der Waals surface area contributed by atoms with Crippen molar-refractivity contribution >= 4 is 44.7 Å². The Morgan fingerprint density at radius 1 is 1.22 bits per heavy atom. The van der Waals surface area contributed by atoms with Crippen LogP contribution >= 0.6 is 11.3 Å². The van der Waals surface area contributed by atoms with E-state index in [1.165, 1.54) is 28.2 Å². The summed E-state index contributed by atoms with van der Waals surface area (Å²) in [6, 6.07) is 12.0. The first-order valence-electron chi connectivity index (χ1n) is 11.0. The minimum atomic E-state index is -0.0639. The average Bonchev–Trinajstić information content (AvgIpc) is 3.27. The van der Waals surface area contributed by atoms with Gasteiger partial charge in [-0.25, -0.2) is 9.38 Å². The quantitative estimate of drug-likeness (QED) is 0.449. The first-order valence-corrected chi connectivity index (χ1v) is 11.8. The van der Waals surface area contributed by atoms with Gasteiger partial charge >= 0.3 is 0 Å². The Bertz CT molecular complexity index is 1490. The molecule has 6 heteroatoms. The van der Waals surface area contributed by atoms with Crippen molar-refractivity contribution in [2.45, 2.75) is 39.7 Å². The Kier molecular flexibility index (Phi) is 4.86. The van der Waals surface area contributed by atoms with Gasteiger partial charge in [0.15, 0.2) is 4.96 Å². The Labute approximate surface area is 191 Å². The van der Waals surface area contributed by atoms with E-state index in [1.807, 2.05) is 30.3 Å². The molecular weight excluding hydrogens is 418 g/mol. The third-order valence-electron chi connectivity index (χ3n) is 6.21. The van der Waals surface area contributed by atoms with Crippen LogP contribution in [0.3, 0.4) is 0 Å². The SMILES string of the molecule is CCCN1c2cc(OC)c(/C=c3/sc4nc5ccccc5n4c3=O)cc2C(C)=CC1(C)C. The molecule has 0 amide bonds. The van der Waals surface area contributed by atoms with Gasteiger partial charge in [0.25, 0.3) is 5.56 Å². The summed E-state index contributed by atoms with van der Waals surface area (Å²) in [5, 5.41) is 0. The van der Waals surface area contributed by atoms with Crippen LogP contribution in [-0.2, 0) is 0 Å². The minimum Gasteiger partial charge on any atom is -0.496 e. The number of aromatic nitrogens is 2. The number of anilines is 1. The summed E-state index contributed by atoms with van der Waals surface area (Å²) in [7, 11) is 1.69. The van der Waals surface area contributed by atoms with Gasteiger partial charge in [-0.1, -0.05) is 36.5 Å². The van der Waals surface area contributed by atoms with E-state index in [0.717, 1.165) is 35.3 Å². The molecule has 3 heterocycles. The summed E-state index contributed by atoms with van der Waals surface area (Å²) in [5.41, 5.74) is 6.09. The van der Waals surface area contributed by atoms with E-state index in [-0.39, 0.29) is 11.1 Å². The number of methoxy groups -OCH3 is 1. The van der Waals surface area contributed by atoms with Crippen molar-refractivity contribution in [1.29, 1.82) is 0 Å². The van der Waals surface area contributed by atoms with Gasteiger partial charge in [-0.05, 0) is 57.0 Å². The van der Waals surface area contributed by atoms with E-state index in [4.69, 9.17) is 4.74 Å². The summed E-state index contributed by atoms with van der Waals surface area (Å²) in [5.74, 6) is 0.769. The largest absolute Gasteiger partial charge is 0.496 e. The lowest BCUT2D eigenvalue weighted by molar-refractivity contribution is 0.413. The average molecular weight is 446 g/mol. The fourth-order valence-electron chi connectivity index (χ4n) is 4.80. The van der Waals surface area contributed by atoms with Crippen molar-refractivity contribution in [2.24, 2.45) is 0 Å². The molecule has 0 fully saturated rings. The zero-order valence-corrected chi connectivity index (χ0v) is 19.9. The van der Waals surface area contributed by atoms with Gasteiger partial charge in [-0.15, -0.1) is 0 Å². The van der Waals surface area contributed by atoms with Crippen molar-refractivity contribution in [3.8, 4) is 5.75 Å². The lowest BCUT2D eigenvalue weighted by Gasteiger charge is -2.43. The molecule has 0 N–H and O–H groups in total. The Hall–Kier alpha value is -3.12. The van der Waals surface area contributed by atoms with Crippen LogP contribution in [0.2, 0.25) is 0 Å². The highest BCUT2D eigenvalue weighted by Crippen LogP contribution is 2.42. The van der Waals surface area contributed by atoms with Gasteiger partial charge < -0.3 is 9.64 Å². The molecule has 5 nitrogen and oxygen atoms in total. The molecule has 164 valence electrons. The number of imidazole rings is 1. The van der Waals surface area contributed by atoms with Crippen LogP contribution in [0.1, 0.15) is 45.2 Å². The van der Waals surface area contributed by atoms with Crippen LogP contribution in [0.15, 0.2) is 47.3 Å². The van der Waals surface area contributed by atoms with Crippen LogP contribution in [-0.4, -0.2) is 28.6 Å². The third kappa shape index (κ3) is 3.13. The van der Waals surface area contributed by atoms with Gasteiger partial charge in [0.2, 0.25) is 0 Å². The Balaban J connectivity index is 1.72. The smallest absolute Gasteiger partial charge is 0.274 e. The van der Waals surface area contributed by atoms with Crippen molar-refractivity contribution in [3.63, 3.8) is 0 Å². The molecule has 0 spiro atoms. The number of nitrogens with zero attached hydrogens (tertiary/aromatic N) is 3. The van der Waals surface area contributed by atoms with Gasteiger partial charge in [-0.3, -0.25) is 4.79 Å². The highest BCUT2D eigenvalue weighted by Gasteiger charge is 2.31. The van der Waals surface area contributed by atoms with Crippen molar-refractivity contribution in [1.82, 2.24) is 9.38 Å². The molecule has 32 heavy (non-hydrogen) atoms. The van der Waals surface area contributed by atoms with Crippen LogP contribution in [0.4, 0.5) is 5.69 Å². The van der Waals surface area contributed by atoms with Gasteiger partial charge in [0, 0.05) is 29.4 Å². The summed E-state index contributed by atoms with van der Waals surface area (Å²) < 4.78 is 8.14. The van der Waals surface area contributed by atoms with Crippen molar-refractivity contribution in [3.05, 3.63) is 68.5 Å². The van der Waals surface area contributed by atoms with Crippen LogP contribution in [0, 0.1) is 0 Å². The first-order chi connectivity index (χ1) is 15.3. The number of hydrogen-bond acceptors (Lipinski definition) is 5. The van der Waals surface area contributed by atoms with Crippen molar-refractivity contribution in [2.75, 3.05) is 18.6 Å². The minimum absolute atomic E-state index is 0.0421. The molecule has 4 aromatic rings. The molecule has 0 radical (unpaired) electrons. The van der Waals surface area contributed by atoms with Gasteiger partial charge in [-0.2, -0.15) is 0 Å². The number of thiazole rings is 1. The molecule has 5 rings (SSSR count). The maximum Gasteiger partial charge on any atom is 0.274 e. The lowest BCUT2D eigenvalue weighted by atomic mass is 9.87. The number of para-hydroxylation sites is 2. The summed E-state index contributed by atoms with van der Waals surface area (Å²) >= 11 is 1.41. The van der Waals surface area contributed by atoms with E-state index in [2.05, 4.69) is 55.8 Å². The molecule has 2 aromatic carbocycles. The predicted octanol–water partition coefficient (Wildman–Crippen LogP) is 4.88. The second kappa shape index (κ2) is 7.48. The van der Waals surface area contributed by atoms with E-state index >= 15 is 0 Å². The van der Waals surface area contributed by atoms with E-state index in [1.54, 1.807) is 11.5 Å². The zero-order chi connectivity index (χ0) is 22.6. The number of benzene rings is 2. The number of allylic oxidation sites excluding steroid dienone is 1. The first kappa shape index (κ1) is 20.8. The number of fused-ring (bicyclic) bond motifs is 4. The topological polar surface area (TPSA) is 46.8 Å². The Morgan fingerprint density at radius 2 is 2.00 bits per heavy atom. The highest BCUT2D eigenvalue weighted by molar-refractivity contribution is 7.15. The number of rotatable bonds is 4. The van der Waals surface area contributed by atoms with Crippen LogP contribution in [0.5, 0.6) is 5.75 Å². The summed E-state index contributed by atoms with van der Waals surface area (Å²) in [4.78, 5) is 21.0. The van der Waals surface area contributed by atoms with Crippen LogP contribution < -0.4 is 19.7 Å². The molecule has 0 aliphatic carbocycles. The molecule has 0 saturated heterocycles. The molecule has 0 saturated carbocycles. The van der Waals surface area contributed by atoms with E-state index in [9.17, 15) is 4.79 Å². The molecule has 1 aliphatic rings. The normalized spacial score (nSPS) is 16.0. The van der Waals surface area contributed by atoms with E-state index in [0.29, 0.717) is 9.49 Å². The fraction of sp³-hybridized carbons (Fsp3) is 0.308. The molecular formula is C26H27N3O2S. The summed E-state index contributed by atoms with van der Waals surface area (Å²) in [6.45, 7) is 9.82. The zero-order valence-electron chi connectivity index (χ0n) is 19.1. The molecule has 0 atom stereocenters. The van der Waals surface area contributed by atoms with E-state index < -0.39 is 0 Å². The monoisotopic (exact) mass is 445 g/mol. The molecule has 0 unspecified atom stereocenters. The molecule has 1 aliphatic heterocycles. The molecule has 2 aromatic heterocycles. The van der Waals surface area contributed by atoms with Crippen molar-refractivity contribution < 1.29 is 4.74 Å². The van der Waals surface area contributed by atoms with Gasteiger partial charge in [0.1, 0.15) is 5.75 Å².